The number of hydrogen-bond acceptors (Lipinski definition) is 3. The lowest BCUT2D eigenvalue weighted by Crippen LogP contribution is -2.92. The van der Waals surface area contributed by atoms with Crippen LogP contribution in [0.3, 0.4) is 0 Å². The Morgan fingerprint density at radius 3 is 2.30 bits per heavy atom. The second kappa shape index (κ2) is 7.68. The highest BCUT2D eigenvalue weighted by molar-refractivity contribution is 5.78. The SMILES string of the molecule is COc1cc(C[NH2+]C(C)(C)C)ccc1OCC(=O)NC(C)(C)C. The number of methoxy groups -OCH3 is 1. The number of nitrogens with two attached hydrogens (primary N) is 1. The number of rotatable bonds is 6. The molecule has 1 aromatic rings. The molecule has 0 atom stereocenters. The van der Waals surface area contributed by atoms with E-state index in [1.807, 2.05) is 39.0 Å². The maximum absolute atomic E-state index is 11.8. The minimum absolute atomic E-state index is 0.0267. The second-order valence-corrected chi connectivity index (χ2v) is 7.85. The molecule has 1 rings (SSSR count). The van der Waals surface area contributed by atoms with E-state index in [1.165, 1.54) is 0 Å². The van der Waals surface area contributed by atoms with E-state index in [9.17, 15) is 4.79 Å². The molecule has 0 aliphatic carbocycles. The molecule has 0 heterocycles. The van der Waals surface area contributed by atoms with Crippen LogP contribution in [0.25, 0.3) is 0 Å². The van der Waals surface area contributed by atoms with Crippen molar-refractivity contribution >= 4 is 5.91 Å². The first kappa shape index (κ1) is 19.3. The minimum Gasteiger partial charge on any atom is -0.493 e. The van der Waals surface area contributed by atoms with Crippen LogP contribution in [0, 0.1) is 0 Å². The third-order valence-corrected chi connectivity index (χ3v) is 3.05. The standard InChI is InChI=1S/C18H30N2O3/c1-17(2,3)19-11-13-8-9-14(15(10-13)22-7)23-12-16(21)20-18(4,5)6/h8-10,19H,11-12H2,1-7H3,(H,20,21)/p+1. The van der Waals surface area contributed by atoms with Gasteiger partial charge in [-0.25, -0.2) is 0 Å². The monoisotopic (exact) mass is 323 g/mol. The number of hydrogen-bond donors (Lipinski definition) is 2. The Morgan fingerprint density at radius 1 is 1.13 bits per heavy atom. The molecule has 1 aromatic carbocycles. The number of ether oxygens (including phenoxy) is 2. The van der Waals surface area contributed by atoms with E-state index < -0.39 is 0 Å². The van der Waals surface area contributed by atoms with Crippen LogP contribution in [0.4, 0.5) is 0 Å². The van der Waals surface area contributed by atoms with Crippen molar-refractivity contribution < 1.29 is 19.6 Å². The zero-order valence-corrected chi connectivity index (χ0v) is 15.4. The highest BCUT2D eigenvalue weighted by Gasteiger charge is 2.16. The van der Waals surface area contributed by atoms with Crippen molar-refractivity contribution in [2.24, 2.45) is 0 Å². The predicted molar refractivity (Wildman–Crippen MR) is 91.8 cm³/mol. The van der Waals surface area contributed by atoms with Gasteiger partial charge in [0.1, 0.15) is 6.54 Å². The maximum Gasteiger partial charge on any atom is 0.258 e. The molecule has 5 heteroatoms. The molecule has 5 nitrogen and oxygen atoms in total. The maximum atomic E-state index is 11.8. The molecule has 0 aliphatic heterocycles. The molecule has 3 N–H and O–H groups in total. The van der Waals surface area contributed by atoms with E-state index in [2.05, 4.69) is 31.4 Å². The quantitative estimate of drug-likeness (QED) is 0.840. The highest BCUT2D eigenvalue weighted by Crippen LogP contribution is 2.27. The molecule has 130 valence electrons. The van der Waals surface area contributed by atoms with Gasteiger partial charge in [-0.15, -0.1) is 0 Å². The molecular formula is C18H31N2O3+. The van der Waals surface area contributed by atoms with Gasteiger partial charge in [0.2, 0.25) is 0 Å². The van der Waals surface area contributed by atoms with E-state index in [0.29, 0.717) is 11.5 Å². The average Bonchev–Trinajstić information content (AvgIpc) is 2.40. The molecule has 0 spiro atoms. The first-order chi connectivity index (χ1) is 10.5. The smallest absolute Gasteiger partial charge is 0.258 e. The number of carbonyl (C=O) groups is 1. The van der Waals surface area contributed by atoms with Crippen LogP contribution in [0.1, 0.15) is 47.1 Å². The summed E-state index contributed by atoms with van der Waals surface area (Å²) in [7, 11) is 1.61. The van der Waals surface area contributed by atoms with E-state index in [0.717, 1.165) is 12.1 Å². The van der Waals surface area contributed by atoms with Crippen molar-refractivity contribution in [2.75, 3.05) is 13.7 Å². The largest absolute Gasteiger partial charge is 0.493 e. The van der Waals surface area contributed by atoms with E-state index in [1.54, 1.807) is 7.11 Å². The average molecular weight is 323 g/mol. The normalized spacial score (nSPS) is 12.0. The van der Waals surface area contributed by atoms with E-state index in [-0.39, 0.29) is 23.6 Å². The number of carbonyl (C=O) groups excluding carboxylic acids is 1. The summed E-state index contributed by atoms with van der Waals surface area (Å²) in [5.41, 5.74) is 1.06. The van der Waals surface area contributed by atoms with Crippen molar-refractivity contribution in [3.05, 3.63) is 23.8 Å². The first-order valence-electron chi connectivity index (χ1n) is 7.95. The third kappa shape index (κ3) is 7.88. The van der Waals surface area contributed by atoms with E-state index >= 15 is 0 Å². The van der Waals surface area contributed by atoms with Gasteiger partial charge in [-0.3, -0.25) is 4.79 Å². The van der Waals surface area contributed by atoms with Crippen molar-refractivity contribution in [1.82, 2.24) is 5.32 Å². The molecule has 1 amide bonds. The van der Waals surface area contributed by atoms with Crippen LogP contribution in [-0.4, -0.2) is 30.7 Å². The fourth-order valence-electron chi connectivity index (χ4n) is 1.98. The molecule has 0 radical (unpaired) electrons. The van der Waals surface area contributed by atoms with Crippen molar-refractivity contribution in [3.63, 3.8) is 0 Å². The molecule has 0 saturated heterocycles. The molecule has 0 unspecified atom stereocenters. The van der Waals surface area contributed by atoms with Gasteiger partial charge in [0.15, 0.2) is 18.1 Å². The van der Waals surface area contributed by atoms with Gasteiger partial charge in [-0.05, 0) is 59.7 Å². The second-order valence-electron chi connectivity index (χ2n) is 7.85. The zero-order valence-electron chi connectivity index (χ0n) is 15.4. The fourth-order valence-corrected chi connectivity index (χ4v) is 1.98. The van der Waals surface area contributed by atoms with E-state index in [4.69, 9.17) is 9.47 Å². The Kier molecular flexibility index (Phi) is 6.45. The molecule has 23 heavy (non-hydrogen) atoms. The summed E-state index contributed by atoms with van der Waals surface area (Å²) >= 11 is 0. The number of amides is 1. The van der Waals surface area contributed by atoms with Crippen LogP contribution >= 0.6 is 0 Å². The molecule has 0 aliphatic rings. The van der Waals surface area contributed by atoms with Gasteiger partial charge >= 0.3 is 0 Å². The Balaban J connectivity index is 2.68. The van der Waals surface area contributed by atoms with Gasteiger partial charge in [0.25, 0.3) is 5.91 Å². The first-order valence-corrected chi connectivity index (χ1v) is 7.95. The summed E-state index contributed by atoms with van der Waals surface area (Å²) < 4.78 is 11.0. The summed E-state index contributed by atoms with van der Waals surface area (Å²) in [6, 6.07) is 5.82. The lowest BCUT2D eigenvalue weighted by atomic mass is 10.1. The van der Waals surface area contributed by atoms with Gasteiger partial charge in [-0.2, -0.15) is 0 Å². The summed E-state index contributed by atoms with van der Waals surface area (Å²) in [5.74, 6) is 1.08. The van der Waals surface area contributed by atoms with Crippen LogP contribution in [0.2, 0.25) is 0 Å². The van der Waals surface area contributed by atoms with Crippen molar-refractivity contribution in [2.45, 2.75) is 59.2 Å². The van der Waals surface area contributed by atoms with Crippen molar-refractivity contribution in [1.29, 1.82) is 0 Å². The lowest BCUT2D eigenvalue weighted by Gasteiger charge is -2.21. The molecule has 0 saturated carbocycles. The molecular weight excluding hydrogens is 292 g/mol. The lowest BCUT2D eigenvalue weighted by molar-refractivity contribution is -0.731. The molecule has 0 fully saturated rings. The fraction of sp³-hybridized carbons (Fsp3) is 0.611. The van der Waals surface area contributed by atoms with Gasteiger partial charge in [0, 0.05) is 11.1 Å². The Bertz CT molecular complexity index is 528. The molecule has 0 bridgehead atoms. The van der Waals surface area contributed by atoms with Crippen LogP contribution in [-0.2, 0) is 11.3 Å². The van der Waals surface area contributed by atoms with Crippen LogP contribution in [0.5, 0.6) is 11.5 Å². The topological polar surface area (TPSA) is 64.2 Å². The third-order valence-electron chi connectivity index (χ3n) is 3.05. The van der Waals surface area contributed by atoms with Crippen molar-refractivity contribution in [3.8, 4) is 11.5 Å². The van der Waals surface area contributed by atoms with Gasteiger partial charge in [-0.1, -0.05) is 0 Å². The van der Waals surface area contributed by atoms with Crippen LogP contribution in [0.15, 0.2) is 18.2 Å². The van der Waals surface area contributed by atoms with Gasteiger partial charge < -0.3 is 20.1 Å². The van der Waals surface area contributed by atoms with Gasteiger partial charge in [0.05, 0.1) is 12.6 Å². The number of nitrogens with one attached hydrogen (secondary N) is 1. The molecule has 0 aromatic heterocycles. The minimum atomic E-state index is -0.267. The number of quaternary nitrogens is 1. The van der Waals surface area contributed by atoms with Crippen LogP contribution < -0.4 is 20.1 Å². The highest BCUT2D eigenvalue weighted by atomic mass is 16.5. The number of benzene rings is 1. The summed E-state index contributed by atoms with van der Waals surface area (Å²) in [6.45, 7) is 13.2. The summed E-state index contributed by atoms with van der Waals surface area (Å²) in [6.07, 6.45) is 0. The summed E-state index contributed by atoms with van der Waals surface area (Å²) in [4.78, 5) is 11.8. The predicted octanol–water partition coefficient (Wildman–Crippen LogP) is 1.85. The Hall–Kier alpha value is -1.75. The summed E-state index contributed by atoms with van der Waals surface area (Å²) in [5, 5.41) is 5.13. The zero-order chi connectivity index (χ0) is 17.7. The Morgan fingerprint density at radius 2 is 1.78 bits per heavy atom. The Labute approximate surface area is 139 Å².